The Bertz CT molecular complexity index is 433. The van der Waals surface area contributed by atoms with Crippen molar-refractivity contribution in [1.29, 1.82) is 0 Å². The summed E-state index contributed by atoms with van der Waals surface area (Å²) in [7, 11) is 1.59. The molecule has 3 nitrogen and oxygen atoms in total. The lowest BCUT2D eigenvalue weighted by molar-refractivity contribution is 0.112. The maximum absolute atomic E-state index is 10.8. The Hall–Kier alpha value is -2.03. The number of ether oxygens (including phenoxy) is 1. The highest BCUT2D eigenvalue weighted by Gasteiger charge is 2.01. The van der Waals surface area contributed by atoms with E-state index in [1.807, 2.05) is 19.1 Å². The van der Waals surface area contributed by atoms with Crippen LogP contribution in [0.15, 0.2) is 42.2 Å². The standard InChI is InChI=1S/C13H15NO2/c1-10(16-2)7-8-13(14)12-6-4-3-5-11(12)9-15/h3-9H,14H2,1-2H3/b10-7+,13-8-. The number of methoxy groups -OCH3 is 1. The Morgan fingerprint density at radius 1 is 1.31 bits per heavy atom. The van der Waals surface area contributed by atoms with Crippen molar-refractivity contribution in [2.45, 2.75) is 6.92 Å². The van der Waals surface area contributed by atoms with Crippen LogP contribution in [0, 0.1) is 0 Å². The van der Waals surface area contributed by atoms with E-state index < -0.39 is 0 Å². The average molecular weight is 217 g/mol. The Balaban J connectivity index is 3.04. The van der Waals surface area contributed by atoms with E-state index in [1.54, 1.807) is 31.4 Å². The van der Waals surface area contributed by atoms with Crippen LogP contribution in [0.1, 0.15) is 22.8 Å². The van der Waals surface area contributed by atoms with Crippen molar-refractivity contribution in [3.05, 3.63) is 53.3 Å². The molecule has 3 heteroatoms. The van der Waals surface area contributed by atoms with Crippen molar-refractivity contribution in [1.82, 2.24) is 0 Å². The number of benzene rings is 1. The number of hydrogen-bond acceptors (Lipinski definition) is 3. The van der Waals surface area contributed by atoms with Crippen LogP contribution in [-0.2, 0) is 4.74 Å². The molecule has 0 atom stereocenters. The van der Waals surface area contributed by atoms with E-state index in [0.29, 0.717) is 11.3 Å². The topological polar surface area (TPSA) is 52.3 Å². The minimum absolute atomic E-state index is 0.541. The molecular formula is C13H15NO2. The minimum Gasteiger partial charge on any atom is -0.501 e. The third-order valence-corrected chi connectivity index (χ3v) is 2.22. The van der Waals surface area contributed by atoms with Gasteiger partial charge in [0.15, 0.2) is 6.29 Å². The van der Waals surface area contributed by atoms with Crippen LogP contribution in [-0.4, -0.2) is 13.4 Å². The number of nitrogens with two attached hydrogens (primary N) is 1. The maximum atomic E-state index is 10.8. The van der Waals surface area contributed by atoms with Gasteiger partial charge in [-0.2, -0.15) is 0 Å². The monoisotopic (exact) mass is 217 g/mol. The van der Waals surface area contributed by atoms with E-state index in [4.69, 9.17) is 10.5 Å². The van der Waals surface area contributed by atoms with Crippen LogP contribution < -0.4 is 5.73 Å². The summed E-state index contributed by atoms with van der Waals surface area (Å²) in [5.41, 5.74) is 7.73. The molecule has 0 heterocycles. The summed E-state index contributed by atoms with van der Waals surface area (Å²) < 4.78 is 4.98. The van der Waals surface area contributed by atoms with E-state index in [1.165, 1.54) is 0 Å². The fraction of sp³-hybridized carbons (Fsp3) is 0.154. The molecule has 1 rings (SSSR count). The molecule has 0 saturated heterocycles. The van der Waals surface area contributed by atoms with Crippen LogP contribution in [0.4, 0.5) is 0 Å². The molecule has 2 N–H and O–H groups in total. The molecule has 84 valence electrons. The van der Waals surface area contributed by atoms with Crippen LogP contribution in [0.3, 0.4) is 0 Å². The van der Waals surface area contributed by atoms with Crippen molar-refractivity contribution in [2.75, 3.05) is 7.11 Å². The first-order chi connectivity index (χ1) is 7.69. The van der Waals surface area contributed by atoms with Crippen LogP contribution >= 0.6 is 0 Å². The lowest BCUT2D eigenvalue weighted by atomic mass is 10.1. The highest BCUT2D eigenvalue weighted by Crippen LogP contribution is 2.13. The second-order valence-electron chi connectivity index (χ2n) is 3.31. The zero-order valence-corrected chi connectivity index (χ0v) is 9.44. The number of allylic oxidation sites excluding steroid dienone is 3. The number of carbonyl (C=O) groups is 1. The first-order valence-corrected chi connectivity index (χ1v) is 4.91. The summed E-state index contributed by atoms with van der Waals surface area (Å²) in [6.07, 6.45) is 4.28. The Morgan fingerprint density at radius 3 is 2.62 bits per heavy atom. The van der Waals surface area contributed by atoms with Gasteiger partial charge in [-0.3, -0.25) is 4.79 Å². The van der Waals surface area contributed by atoms with E-state index in [0.717, 1.165) is 17.6 Å². The van der Waals surface area contributed by atoms with Gasteiger partial charge >= 0.3 is 0 Å². The van der Waals surface area contributed by atoms with Gasteiger partial charge in [-0.25, -0.2) is 0 Å². The summed E-state index contributed by atoms with van der Waals surface area (Å²) in [6, 6.07) is 7.19. The summed E-state index contributed by atoms with van der Waals surface area (Å²) in [4.78, 5) is 10.8. The molecule has 0 aromatic heterocycles. The molecule has 1 aromatic carbocycles. The molecule has 0 unspecified atom stereocenters. The third-order valence-electron chi connectivity index (χ3n) is 2.22. The molecule has 16 heavy (non-hydrogen) atoms. The van der Waals surface area contributed by atoms with Gasteiger partial charge in [-0.1, -0.05) is 24.3 Å². The fourth-order valence-corrected chi connectivity index (χ4v) is 1.23. The van der Waals surface area contributed by atoms with Crippen molar-refractivity contribution in [3.63, 3.8) is 0 Å². The number of aldehydes is 1. The first-order valence-electron chi connectivity index (χ1n) is 4.91. The SMILES string of the molecule is CO/C(C)=C/C=C(\N)c1ccccc1C=O. The van der Waals surface area contributed by atoms with Crippen molar-refractivity contribution >= 4 is 12.0 Å². The van der Waals surface area contributed by atoms with Crippen molar-refractivity contribution in [2.24, 2.45) is 5.73 Å². The highest BCUT2D eigenvalue weighted by molar-refractivity contribution is 5.85. The van der Waals surface area contributed by atoms with Gasteiger partial charge in [0.2, 0.25) is 0 Å². The molecule has 0 fully saturated rings. The number of hydrogen-bond donors (Lipinski definition) is 1. The van der Waals surface area contributed by atoms with Gasteiger partial charge < -0.3 is 10.5 Å². The van der Waals surface area contributed by atoms with Gasteiger partial charge in [0.05, 0.1) is 12.9 Å². The molecule has 0 bridgehead atoms. The summed E-state index contributed by atoms with van der Waals surface area (Å²) >= 11 is 0. The van der Waals surface area contributed by atoms with Crippen molar-refractivity contribution in [3.8, 4) is 0 Å². The Kier molecular flexibility index (Phi) is 4.33. The van der Waals surface area contributed by atoms with E-state index >= 15 is 0 Å². The first kappa shape index (κ1) is 12.0. The highest BCUT2D eigenvalue weighted by atomic mass is 16.5. The average Bonchev–Trinajstić information content (AvgIpc) is 2.35. The van der Waals surface area contributed by atoms with E-state index in [9.17, 15) is 4.79 Å². The quantitative estimate of drug-likeness (QED) is 0.478. The van der Waals surface area contributed by atoms with E-state index in [2.05, 4.69) is 0 Å². The molecule has 0 amide bonds. The van der Waals surface area contributed by atoms with Crippen molar-refractivity contribution < 1.29 is 9.53 Å². The molecule has 1 aromatic rings. The van der Waals surface area contributed by atoms with Gasteiger partial charge in [0, 0.05) is 16.8 Å². The van der Waals surface area contributed by atoms with Crippen LogP contribution in [0.2, 0.25) is 0 Å². The smallest absolute Gasteiger partial charge is 0.150 e. The maximum Gasteiger partial charge on any atom is 0.150 e. The Labute approximate surface area is 95.2 Å². The molecular weight excluding hydrogens is 202 g/mol. The molecule has 0 aliphatic carbocycles. The summed E-state index contributed by atoms with van der Waals surface area (Å²) in [5, 5.41) is 0. The molecule has 0 radical (unpaired) electrons. The molecule has 0 aliphatic rings. The number of carbonyl (C=O) groups excluding carboxylic acids is 1. The summed E-state index contributed by atoms with van der Waals surface area (Å²) in [5.74, 6) is 0.756. The van der Waals surface area contributed by atoms with Crippen LogP contribution in [0.25, 0.3) is 5.70 Å². The predicted molar refractivity (Wildman–Crippen MR) is 64.8 cm³/mol. The van der Waals surface area contributed by atoms with Gasteiger partial charge in [-0.15, -0.1) is 0 Å². The third kappa shape index (κ3) is 2.98. The second-order valence-corrected chi connectivity index (χ2v) is 3.31. The fourth-order valence-electron chi connectivity index (χ4n) is 1.23. The Morgan fingerprint density at radius 2 is 2.00 bits per heavy atom. The normalized spacial score (nSPS) is 12.4. The van der Waals surface area contributed by atoms with E-state index in [-0.39, 0.29) is 0 Å². The largest absolute Gasteiger partial charge is 0.501 e. The van der Waals surface area contributed by atoms with Gasteiger partial charge in [0.25, 0.3) is 0 Å². The lowest BCUT2D eigenvalue weighted by Crippen LogP contribution is -1.99. The predicted octanol–water partition coefficient (Wildman–Crippen LogP) is 2.35. The van der Waals surface area contributed by atoms with Gasteiger partial charge in [0.1, 0.15) is 0 Å². The number of rotatable bonds is 4. The minimum atomic E-state index is 0.541. The molecule has 0 aliphatic heterocycles. The molecule has 0 spiro atoms. The lowest BCUT2D eigenvalue weighted by Gasteiger charge is -2.04. The summed E-state index contributed by atoms with van der Waals surface area (Å²) in [6.45, 7) is 1.83. The van der Waals surface area contributed by atoms with Gasteiger partial charge in [-0.05, 0) is 19.1 Å². The molecule has 0 saturated carbocycles. The van der Waals surface area contributed by atoms with Crippen LogP contribution in [0.5, 0.6) is 0 Å². The zero-order chi connectivity index (χ0) is 12.0. The second kappa shape index (κ2) is 5.75. The zero-order valence-electron chi connectivity index (χ0n) is 9.44.